The molecule has 2 amide bonds. The molecule has 5 nitrogen and oxygen atoms in total. The normalized spacial score (nSPS) is 26.0. The molecule has 0 radical (unpaired) electrons. The average molecular weight is 333 g/mol. The molecule has 3 saturated heterocycles. The van der Waals surface area contributed by atoms with Gasteiger partial charge in [-0.2, -0.15) is 0 Å². The van der Waals surface area contributed by atoms with Gasteiger partial charge in [-0.05, 0) is 30.5 Å². The molecule has 0 aromatic heterocycles. The minimum Gasteiger partial charge on any atom is -0.381 e. The van der Waals surface area contributed by atoms with Crippen LogP contribution in [0, 0.1) is 5.82 Å². The first kappa shape index (κ1) is 15.8. The van der Waals surface area contributed by atoms with E-state index in [1.807, 2.05) is 9.80 Å². The van der Waals surface area contributed by atoms with E-state index in [-0.39, 0.29) is 17.9 Å². The van der Waals surface area contributed by atoms with Crippen molar-refractivity contribution in [3.63, 3.8) is 0 Å². The highest BCUT2D eigenvalue weighted by Crippen LogP contribution is 2.25. The molecule has 0 spiro atoms. The third kappa shape index (κ3) is 3.13. The second-order valence-electron chi connectivity index (χ2n) is 6.98. The smallest absolute Gasteiger partial charge is 0.320 e. The van der Waals surface area contributed by atoms with E-state index in [1.54, 1.807) is 12.1 Å². The zero-order chi connectivity index (χ0) is 16.5. The Hall–Kier alpha value is -1.66. The molecule has 0 N–H and O–H groups in total. The SMILES string of the molecule is O=C1N(Cc2ccc(F)cc2)CC2CN(C3CCOCC3)CCN12. The summed E-state index contributed by atoms with van der Waals surface area (Å²) in [6.07, 6.45) is 2.19. The predicted octanol–water partition coefficient (Wildman–Crippen LogP) is 1.93. The van der Waals surface area contributed by atoms with E-state index in [1.165, 1.54) is 12.1 Å². The second-order valence-corrected chi connectivity index (χ2v) is 6.98. The van der Waals surface area contributed by atoms with Crippen molar-refractivity contribution in [1.29, 1.82) is 0 Å². The number of carbonyl (C=O) groups is 1. The van der Waals surface area contributed by atoms with E-state index in [0.29, 0.717) is 12.6 Å². The molecule has 4 rings (SSSR count). The Labute approximate surface area is 142 Å². The van der Waals surface area contributed by atoms with Gasteiger partial charge in [-0.1, -0.05) is 12.1 Å². The van der Waals surface area contributed by atoms with Crippen LogP contribution in [0.4, 0.5) is 9.18 Å². The molecule has 1 aromatic carbocycles. The zero-order valence-corrected chi connectivity index (χ0v) is 13.9. The van der Waals surface area contributed by atoms with E-state index in [4.69, 9.17) is 4.74 Å². The van der Waals surface area contributed by atoms with Gasteiger partial charge >= 0.3 is 6.03 Å². The van der Waals surface area contributed by atoms with Gasteiger partial charge in [0.15, 0.2) is 0 Å². The molecule has 1 aromatic rings. The molecule has 6 heteroatoms. The van der Waals surface area contributed by atoms with Gasteiger partial charge in [-0.3, -0.25) is 4.90 Å². The summed E-state index contributed by atoms with van der Waals surface area (Å²) in [5, 5.41) is 0. The third-order valence-electron chi connectivity index (χ3n) is 5.46. The molecule has 3 heterocycles. The highest BCUT2D eigenvalue weighted by atomic mass is 19.1. The van der Waals surface area contributed by atoms with Crippen LogP contribution < -0.4 is 0 Å². The zero-order valence-electron chi connectivity index (χ0n) is 13.9. The van der Waals surface area contributed by atoms with Crippen molar-refractivity contribution in [2.45, 2.75) is 31.5 Å². The molecule has 0 saturated carbocycles. The molecular weight excluding hydrogens is 309 g/mol. The predicted molar refractivity (Wildman–Crippen MR) is 88.1 cm³/mol. The Balaban J connectivity index is 1.39. The molecule has 1 atom stereocenters. The fourth-order valence-electron chi connectivity index (χ4n) is 4.13. The minimum absolute atomic E-state index is 0.121. The summed E-state index contributed by atoms with van der Waals surface area (Å²) in [5.41, 5.74) is 0.978. The topological polar surface area (TPSA) is 36.0 Å². The number of urea groups is 1. The summed E-state index contributed by atoms with van der Waals surface area (Å²) in [7, 11) is 0. The van der Waals surface area contributed by atoms with Crippen LogP contribution in [0.15, 0.2) is 24.3 Å². The molecule has 3 aliphatic rings. The first-order chi connectivity index (χ1) is 11.7. The van der Waals surface area contributed by atoms with Crippen LogP contribution in [0.2, 0.25) is 0 Å². The molecule has 0 bridgehead atoms. The fraction of sp³-hybridized carbons (Fsp3) is 0.611. The number of amides is 2. The maximum Gasteiger partial charge on any atom is 0.320 e. The van der Waals surface area contributed by atoms with Crippen LogP contribution in [-0.4, -0.2) is 72.2 Å². The highest BCUT2D eigenvalue weighted by molar-refractivity contribution is 5.77. The minimum atomic E-state index is -0.240. The number of carbonyl (C=O) groups excluding carboxylic acids is 1. The summed E-state index contributed by atoms with van der Waals surface area (Å²) >= 11 is 0. The van der Waals surface area contributed by atoms with Crippen LogP contribution in [0.25, 0.3) is 0 Å². The number of hydrogen-bond acceptors (Lipinski definition) is 3. The van der Waals surface area contributed by atoms with Crippen molar-refractivity contribution >= 4 is 6.03 Å². The number of rotatable bonds is 3. The Morgan fingerprint density at radius 3 is 2.54 bits per heavy atom. The van der Waals surface area contributed by atoms with Crippen molar-refractivity contribution in [1.82, 2.24) is 14.7 Å². The number of piperazine rings is 1. The summed E-state index contributed by atoms with van der Waals surface area (Å²) < 4.78 is 18.5. The molecule has 0 aliphatic carbocycles. The molecule has 1 unspecified atom stereocenters. The molecule has 24 heavy (non-hydrogen) atoms. The first-order valence-corrected chi connectivity index (χ1v) is 8.82. The summed E-state index contributed by atoms with van der Waals surface area (Å²) in [5.74, 6) is -0.240. The van der Waals surface area contributed by atoms with E-state index < -0.39 is 0 Å². The van der Waals surface area contributed by atoms with Crippen molar-refractivity contribution in [3.05, 3.63) is 35.6 Å². The van der Waals surface area contributed by atoms with Gasteiger partial charge in [0.1, 0.15) is 5.82 Å². The van der Waals surface area contributed by atoms with Gasteiger partial charge in [0.2, 0.25) is 0 Å². The van der Waals surface area contributed by atoms with Gasteiger partial charge in [0, 0.05) is 52.0 Å². The Morgan fingerprint density at radius 2 is 1.79 bits per heavy atom. The summed E-state index contributed by atoms with van der Waals surface area (Å²) in [6, 6.07) is 7.42. The van der Waals surface area contributed by atoms with Gasteiger partial charge in [0.05, 0.1) is 6.04 Å². The lowest BCUT2D eigenvalue weighted by atomic mass is 10.0. The first-order valence-electron chi connectivity index (χ1n) is 8.82. The monoisotopic (exact) mass is 333 g/mol. The standard InChI is InChI=1S/C18H24FN3O2/c19-15-3-1-14(2-4-15)11-21-13-17-12-20(7-8-22(17)18(21)23)16-5-9-24-10-6-16/h1-4,16-17H,5-13H2. The number of nitrogens with zero attached hydrogens (tertiary/aromatic N) is 3. The van der Waals surface area contributed by atoms with Crippen LogP contribution in [0.1, 0.15) is 18.4 Å². The van der Waals surface area contributed by atoms with Crippen LogP contribution in [-0.2, 0) is 11.3 Å². The fourth-order valence-corrected chi connectivity index (χ4v) is 4.13. The number of hydrogen-bond donors (Lipinski definition) is 0. The largest absolute Gasteiger partial charge is 0.381 e. The lowest BCUT2D eigenvalue weighted by Crippen LogP contribution is -2.55. The van der Waals surface area contributed by atoms with Gasteiger partial charge in [-0.15, -0.1) is 0 Å². The lowest BCUT2D eigenvalue weighted by Gasteiger charge is -2.42. The number of ether oxygens (including phenoxy) is 1. The Bertz CT molecular complexity index is 588. The second kappa shape index (κ2) is 6.69. The molecule has 3 fully saturated rings. The van der Waals surface area contributed by atoms with Crippen molar-refractivity contribution < 1.29 is 13.9 Å². The third-order valence-corrected chi connectivity index (χ3v) is 5.46. The van der Waals surface area contributed by atoms with E-state index in [9.17, 15) is 9.18 Å². The number of fused-ring (bicyclic) bond motifs is 1. The number of benzene rings is 1. The number of halogens is 1. The molecular formula is C18H24FN3O2. The van der Waals surface area contributed by atoms with Crippen LogP contribution in [0.5, 0.6) is 0 Å². The van der Waals surface area contributed by atoms with Crippen LogP contribution in [0.3, 0.4) is 0 Å². The lowest BCUT2D eigenvalue weighted by molar-refractivity contribution is 0.0109. The van der Waals surface area contributed by atoms with E-state index in [2.05, 4.69) is 4.90 Å². The van der Waals surface area contributed by atoms with Crippen molar-refractivity contribution in [2.75, 3.05) is 39.4 Å². The van der Waals surface area contributed by atoms with Crippen LogP contribution >= 0.6 is 0 Å². The summed E-state index contributed by atoms with van der Waals surface area (Å²) in [4.78, 5) is 19.1. The molecule has 3 aliphatic heterocycles. The Kier molecular flexibility index (Phi) is 4.41. The average Bonchev–Trinajstić information content (AvgIpc) is 2.93. The van der Waals surface area contributed by atoms with E-state index in [0.717, 1.165) is 57.8 Å². The van der Waals surface area contributed by atoms with Crippen molar-refractivity contribution in [2.24, 2.45) is 0 Å². The van der Waals surface area contributed by atoms with Crippen molar-refractivity contribution in [3.8, 4) is 0 Å². The van der Waals surface area contributed by atoms with Gasteiger partial charge in [-0.25, -0.2) is 9.18 Å². The van der Waals surface area contributed by atoms with Gasteiger partial charge < -0.3 is 14.5 Å². The highest BCUT2D eigenvalue weighted by Gasteiger charge is 2.41. The molecule has 130 valence electrons. The quantitative estimate of drug-likeness (QED) is 0.848. The maximum absolute atomic E-state index is 13.0. The summed E-state index contributed by atoms with van der Waals surface area (Å²) in [6.45, 7) is 5.74. The Morgan fingerprint density at radius 1 is 1.04 bits per heavy atom. The maximum atomic E-state index is 13.0. The van der Waals surface area contributed by atoms with Gasteiger partial charge in [0.25, 0.3) is 0 Å². The van der Waals surface area contributed by atoms with E-state index >= 15 is 0 Å².